The smallest absolute Gasteiger partial charge is 0.101 e. The van der Waals surface area contributed by atoms with Crippen LogP contribution in [0.2, 0.25) is 0 Å². The number of nitrogens with one attached hydrogen (secondary N) is 1. The second kappa shape index (κ2) is 7.84. The first-order chi connectivity index (χ1) is 16.1. The molecule has 0 amide bonds. The summed E-state index contributed by atoms with van der Waals surface area (Å²) in [4.78, 5) is 14.5. The topological polar surface area (TPSA) is 68.1 Å². The zero-order chi connectivity index (χ0) is 22.5. The van der Waals surface area contributed by atoms with Crippen molar-refractivity contribution in [2.24, 2.45) is 0 Å². The lowest BCUT2D eigenvalue weighted by Crippen LogP contribution is -2.51. The molecule has 2 saturated heterocycles. The summed E-state index contributed by atoms with van der Waals surface area (Å²) in [5.41, 5.74) is 6.10. The minimum absolute atomic E-state index is 0.190. The Labute approximate surface area is 190 Å². The van der Waals surface area contributed by atoms with Crippen molar-refractivity contribution < 1.29 is 1.37 Å². The van der Waals surface area contributed by atoms with E-state index in [1.54, 1.807) is 6.07 Å². The van der Waals surface area contributed by atoms with Gasteiger partial charge in [-0.2, -0.15) is 5.26 Å². The number of fused-ring (bicyclic) bond motifs is 4. The zero-order valence-electron chi connectivity index (χ0n) is 19.4. The molecule has 0 spiro atoms. The van der Waals surface area contributed by atoms with Crippen molar-refractivity contribution in [1.29, 1.82) is 5.26 Å². The largest absolute Gasteiger partial charge is 0.368 e. The fraction of sp³-hybridized carbons (Fsp3) is 0.423. The average Bonchev–Trinajstić information content (AvgIpc) is 3.22. The Bertz CT molecular complexity index is 1260. The molecule has 0 unspecified atom stereocenters. The van der Waals surface area contributed by atoms with Crippen molar-refractivity contribution >= 4 is 16.6 Å². The van der Waals surface area contributed by atoms with Gasteiger partial charge in [-0.15, -0.1) is 0 Å². The molecule has 0 saturated carbocycles. The van der Waals surface area contributed by atoms with Crippen molar-refractivity contribution in [3.05, 3.63) is 65.1 Å². The van der Waals surface area contributed by atoms with Crippen LogP contribution >= 0.6 is 0 Å². The van der Waals surface area contributed by atoms with Crippen molar-refractivity contribution in [2.45, 2.75) is 44.3 Å². The van der Waals surface area contributed by atoms with Gasteiger partial charge in [0.2, 0.25) is 0 Å². The number of hydrogen-bond donors (Lipinski definition) is 1. The first-order valence-corrected chi connectivity index (χ1v) is 11.6. The van der Waals surface area contributed by atoms with Crippen LogP contribution < -0.4 is 10.2 Å². The number of piperazine rings is 1. The van der Waals surface area contributed by atoms with Crippen molar-refractivity contribution in [2.75, 3.05) is 31.1 Å². The molecular formula is C26H28N6. The maximum atomic E-state index is 9.54. The predicted octanol–water partition coefficient (Wildman–Crippen LogP) is 3.73. The highest BCUT2D eigenvalue weighted by Crippen LogP contribution is 2.41. The van der Waals surface area contributed by atoms with Crippen LogP contribution in [-0.2, 0) is 6.54 Å². The Balaban J connectivity index is 1.34. The molecule has 162 valence electrons. The molecule has 5 heterocycles. The summed E-state index contributed by atoms with van der Waals surface area (Å²) in [7, 11) is 0. The van der Waals surface area contributed by atoms with Crippen molar-refractivity contribution in [1.82, 2.24) is 20.2 Å². The molecule has 6 nitrogen and oxygen atoms in total. The maximum Gasteiger partial charge on any atom is 0.101 e. The molecule has 1 aromatic carbocycles. The monoisotopic (exact) mass is 425 g/mol. The molecule has 2 fully saturated rings. The number of pyridine rings is 2. The molecule has 3 aromatic rings. The zero-order valence-corrected chi connectivity index (χ0v) is 18.4. The van der Waals surface area contributed by atoms with Crippen LogP contribution in [0.25, 0.3) is 10.9 Å². The van der Waals surface area contributed by atoms with Crippen LogP contribution in [0.1, 0.15) is 55.6 Å². The number of benzene rings is 1. The van der Waals surface area contributed by atoms with Crippen LogP contribution in [0.5, 0.6) is 0 Å². The van der Waals surface area contributed by atoms with Gasteiger partial charge in [-0.1, -0.05) is 6.07 Å². The molecular weight excluding hydrogens is 396 g/mol. The van der Waals surface area contributed by atoms with Gasteiger partial charge < -0.3 is 10.2 Å². The maximum absolute atomic E-state index is 9.54. The van der Waals surface area contributed by atoms with Gasteiger partial charge in [-0.25, -0.2) is 0 Å². The lowest BCUT2D eigenvalue weighted by Gasteiger charge is -2.43. The van der Waals surface area contributed by atoms with Gasteiger partial charge >= 0.3 is 0 Å². The van der Waals surface area contributed by atoms with E-state index in [2.05, 4.69) is 45.2 Å². The number of anilines is 1. The van der Waals surface area contributed by atoms with E-state index < -0.39 is 0 Å². The van der Waals surface area contributed by atoms with Gasteiger partial charge in [0.05, 0.1) is 24.2 Å². The van der Waals surface area contributed by atoms with Crippen LogP contribution in [0.15, 0.2) is 42.6 Å². The number of hydrogen-bond acceptors (Lipinski definition) is 6. The van der Waals surface area contributed by atoms with Gasteiger partial charge in [0.25, 0.3) is 0 Å². The molecule has 2 atom stereocenters. The summed E-state index contributed by atoms with van der Waals surface area (Å²) >= 11 is 0. The number of aromatic nitrogens is 2. The van der Waals surface area contributed by atoms with Crippen molar-refractivity contribution in [3.8, 4) is 6.07 Å². The van der Waals surface area contributed by atoms with Gasteiger partial charge in [-0.05, 0) is 68.8 Å². The third-order valence-corrected chi connectivity index (χ3v) is 7.48. The van der Waals surface area contributed by atoms with E-state index in [0.717, 1.165) is 43.8 Å². The summed E-state index contributed by atoms with van der Waals surface area (Å²) in [6, 6.07) is 15.1. The first kappa shape index (κ1) is 18.6. The second-order valence-electron chi connectivity index (χ2n) is 9.32. The Kier molecular flexibility index (Phi) is 4.55. The summed E-state index contributed by atoms with van der Waals surface area (Å²) in [6.07, 6.45) is 2.53. The molecule has 3 aliphatic heterocycles. The Morgan fingerprint density at radius 2 is 2.03 bits per heavy atom. The van der Waals surface area contributed by atoms with E-state index >= 15 is 0 Å². The standard InChI is InChI=1S/C26H28N6/c1-17-14-31(24-7-4-19(13-27)26-21(24)3-2-10-29-26)16-25-20-5-6-22(18-8-11-28-12-9-18)30-23(20)15-32(17)25/h2-7,10,17-18,25,28H,8-9,11-12,14-16H2,1H3/t17-,25-/m1/s1/i10D. The Morgan fingerprint density at radius 3 is 2.88 bits per heavy atom. The predicted molar refractivity (Wildman–Crippen MR) is 125 cm³/mol. The van der Waals surface area contributed by atoms with Gasteiger partial charge in [-0.3, -0.25) is 14.9 Å². The minimum atomic E-state index is 0.190. The molecule has 32 heavy (non-hydrogen) atoms. The molecule has 6 rings (SSSR count). The third-order valence-electron chi connectivity index (χ3n) is 7.48. The third kappa shape index (κ3) is 3.16. The number of nitriles is 1. The molecule has 0 aliphatic carbocycles. The summed E-state index contributed by atoms with van der Waals surface area (Å²) < 4.78 is 7.91. The molecule has 2 aromatic heterocycles. The SMILES string of the molecule is [2H]c1ccc2c(N3C[C@@H](C)N4Cc5nc(C6CCNCC6)ccc5[C@H]4C3)ccc(C#N)c2n1. The minimum Gasteiger partial charge on any atom is -0.368 e. The Hall–Kier alpha value is -3.01. The Morgan fingerprint density at radius 1 is 1.16 bits per heavy atom. The number of rotatable bonds is 2. The van der Waals surface area contributed by atoms with Crippen LogP contribution in [0.3, 0.4) is 0 Å². The van der Waals surface area contributed by atoms with Gasteiger partial charge in [0, 0.05) is 54.5 Å². The lowest BCUT2D eigenvalue weighted by molar-refractivity contribution is 0.133. The van der Waals surface area contributed by atoms with E-state index in [-0.39, 0.29) is 6.17 Å². The van der Waals surface area contributed by atoms with E-state index in [4.69, 9.17) is 6.35 Å². The molecule has 1 N–H and O–H groups in total. The van der Waals surface area contributed by atoms with Gasteiger partial charge in [0.1, 0.15) is 6.07 Å². The van der Waals surface area contributed by atoms with E-state index in [1.165, 1.54) is 29.8 Å². The summed E-state index contributed by atoms with van der Waals surface area (Å²) in [6.45, 7) is 7.18. The molecule has 6 heteroatoms. The fourth-order valence-corrected chi connectivity index (χ4v) is 5.81. The van der Waals surface area contributed by atoms with Crippen molar-refractivity contribution in [3.63, 3.8) is 0 Å². The fourth-order valence-electron chi connectivity index (χ4n) is 5.81. The highest BCUT2D eigenvalue weighted by atomic mass is 15.3. The van der Waals surface area contributed by atoms with E-state index in [9.17, 15) is 5.26 Å². The summed E-state index contributed by atoms with van der Waals surface area (Å²) in [5, 5.41) is 13.9. The number of nitrogens with zero attached hydrogens (tertiary/aromatic N) is 5. The average molecular weight is 426 g/mol. The normalized spacial score (nSPS) is 24.1. The molecule has 0 bridgehead atoms. The first-order valence-electron chi connectivity index (χ1n) is 12.1. The lowest BCUT2D eigenvalue weighted by atomic mass is 9.93. The molecule has 3 aliphatic rings. The van der Waals surface area contributed by atoms with Crippen LogP contribution in [0.4, 0.5) is 5.69 Å². The summed E-state index contributed by atoms with van der Waals surface area (Å²) in [5.74, 6) is 0.572. The van der Waals surface area contributed by atoms with E-state index in [0.29, 0.717) is 29.1 Å². The quantitative estimate of drug-likeness (QED) is 0.675. The van der Waals surface area contributed by atoms with Gasteiger partial charge in [0.15, 0.2) is 0 Å². The highest BCUT2D eigenvalue weighted by Gasteiger charge is 2.40. The van der Waals surface area contributed by atoms with Crippen LogP contribution in [0, 0.1) is 11.3 Å². The second-order valence-corrected chi connectivity index (χ2v) is 9.32. The van der Waals surface area contributed by atoms with Crippen LogP contribution in [-0.4, -0.2) is 47.1 Å². The highest BCUT2D eigenvalue weighted by molar-refractivity contribution is 5.95. The number of piperidine rings is 1. The molecule has 0 radical (unpaired) electrons. The van der Waals surface area contributed by atoms with E-state index in [1.807, 2.05) is 18.2 Å².